The first-order chi connectivity index (χ1) is 30.9. The Morgan fingerprint density at radius 1 is 0.444 bits per heavy atom. The monoisotopic (exact) mass is 809 g/mol. The van der Waals surface area contributed by atoms with Crippen LogP contribution in [0.5, 0.6) is 0 Å². The van der Waals surface area contributed by atoms with Gasteiger partial charge >= 0.3 is 0 Å². The van der Waals surface area contributed by atoms with E-state index in [2.05, 4.69) is 192 Å². The van der Waals surface area contributed by atoms with E-state index in [-0.39, 0.29) is 5.41 Å². The maximum atomic E-state index is 11.1. The fourth-order valence-electron chi connectivity index (χ4n) is 9.55. The summed E-state index contributed by atoms with van der Waals surface area (Å²) in [5.74, 6) is 1.55. The summed E-state index contributed by atoms with van der Waals surface area (Å²) in [6.07, 6.45) is 0. The van der Waals surface area contributed by atoms with Crippen molar-refractivity contribution in [1.82, 2.24) is 28.7 Å². The Balaban J connectivity index is 1.10. The van der Waals surface area contributed by atoms with Gasteiger partial charge in [0.15, 0.2) is 11.6 Å². The Hall–Kier alpha value is -8.34. The summed E-state index contributed by atoms with van der Waals surface area (Å²) in [5.41, 5.74) is 11.5. The molecule has 0 fully saturated rings. The van der Waals surface area contributed by atoms with Crippen molar-refractivity contribution in [3.8, 4) is 46.2 Å². The van der Waals surface area contributed by atoms with E-state index in [1.165, 1.54) is 5.56 Å². The number of hydrogen-bond acceptors (Lipinski definition) is 4. The Bertz CT molecular complexity index is 3780. The fraction of sp³-hybridized carbons (Fsp3) is 0.0714. The number of nitrogens with zero attached hydrogens (tertiary/aromatic N) is 7. The van der Waals surface area contributed by atoms with Crippen LogP contribution >= 0.6 is 0 Å². The Kier molecular flexibility index (Phi) is 8.02. The average molecular weight is 810 g/mol. The number of rotatable bonds is 5. The van der Waals surface area contributed by atoms with E-state index < -0.39 is 0 Å². The van der Waals surface area contributed by atoms with Crippen molar-refractivity contribution in [2.75, 3.05) is 0 Å². The van der Waals surface area contributed by atoms with Crippen LogP contribution < -0.4 is 0 Å². The molecule has 298 valence electrons. The second-order valence-corrected chi connectivity index (χ2v) is 17.2. The Morgan fingerprint density at radius 3 is 1.59 bits per heavy atom. The number of para-hydroxylation sites is 5. The van der Waals surface area contributed by atoms with Gasteiger partial charge in [0.25, 0.3) is 0 Å². The van der Waals surface area contributed by atoms with E-state index in [4.69, 9.17) is 15.0 Å². The number of hydrogen-bond donors (Lipinski definition) is 0. The van der Waals surface area contributed by atoms with Crippen molar-refractivity contribution in [3.63, 3.8) is 0 Å². The zero-order valence-corrected chi connectivity index (χ0v) is 35.0. The molecule has 12 aromatic rings. The lowest BCUT2D eigenvalue weighted by Gasteiger charge is -2.19. The van der Waals surface area contributed by atoms with Gasteiger partial charge in [0.05, 0.1) is 44.4 Å². The highest BCUT2D eigenvalue weighted by atomic mass is 15.2. The third-order valence-corrected chi connectivity index (χ3v) is 12.5. The van der Waals surface area contributed by atoms with Crippen molar-refractivity contribution in [3.05, 3.63) is 193 Å². The summed E-state index contributed by atoms with van der Waals surface area (Å²) in [7, 11) is 0. The molecular formula is C56H39N7. The molecule has 0 amide bonds. The van der Waals surface area contributed by atoms with Crippen LogP contribution in [0.25, 0.3) is 106 Å². The van der Waals surface area contributed by atoms with E-state index >= 15 is 0 Å². The van der Waals surface area contributed by atoms with Crippen molar-refractivity contribution >= 4 is 65.4 Å². The zero-order chi connectivity index (χ0) is 42.4. The van der Waals surface area contributed by atoms with E-state index in [0.29, 0.717) is 23.2 Å². The lowest BCUT2D eigenvalue weighted by Crippen LogP contribution is -2.10. The van der Waals surface area contributed by atoms with Gasteiger partial charge in [-0.3, -0.25) is 4.57 Å². The van der Waals surface area contributed by atoms with Crippen molar-refractivity contribution in [2.45, 2.75) is 26.2 Å². The molecule has 0 bridgehead atoms. The molecule has 0 aliphatic heterocycles. The molecular weight excluding hydrogens is 771 g/mol. The minimum atomic E-state index is -0.00647. The number of aromatic nitrogens is 6. The van der Waals surface area contributed by atoms with Gasteiger partial charge in [0.1, 0.15) is 6.07 Å². The van der Waals surface area contributed by atoms with Crippen LogP contribution in [0.15, 0.2) is 182 Å². The van der Waals surface area contributed by atoms with Gasteiger partial charge in [-0.15, -0.1) is 0 Å². The molecule has 7 heteroatoms. The smallest absolute Gasteiger partial charge is 0.238 e. The molecule has 4 aromatic heterocycles. The highest BCUT2D eigenvalue weighted by Gasteiger charge is 2.24. The third kappa shape index (κ3) is 5.62. The highest BCUT2D eigenvalue weighted by Crippen LogP contribution is 2.43. The summed E-state index contributed by atoms with van der Waals surface area (Å²) < 4.78 is 6.73. The summed E-state index contributed by atoms with van der Waals surface area (Å²) in [6.45, 7) is 6.64. The molecule has 0 radical (unpaired) electrons. The number of fused-ring (bicyclic) bond motifs is 10. The lowest BCUT2D eigenvalue weighted by atomic mass is 9.87. The van der Waals surface area contributed by atoms with Gasteiger partial charge in [-0.1, -0.05) is 142 Å². The van der Waals surface area contributed by atoms with E-state index in [9.17, 15) is 5.26 Å². The van der Waals surface area contributed by atoms with Gasteiger partial charge in [-0.05, 0) is 71.6 Å². The first-order valence-electron chi connectivity index (χ1n) is 21.3. The van der Waals surface area contributed by atoms with Crippen molar-refractivity contribution in [1.29, 1.82) is 5.26 Å². The van der Waals surface area contributed by atoms with Crippen molar-refractivity contribution in [2.24, 2.45) is 0 Å². The molecule has 0 spiro atoms. The highest BCUT2D eigenvalue weighted by molar-refractivity contribution is 6.26. The summed E-state index contributed by atoms with van der Waals surface area (Å²) in [5, 5.41) is 17.9. The summed E-state index contributed by atoms with van der Waals surface area (Å²) in [4.78, 5) is 15.6. The molecule has 4 heterocycles. The second kappa shape index (κ2) is 13.8. The zero-order valence-electron chi connectivity index (χ0n) is 35.0. The maximum Gasteiger partial charge on any atom is 0.238 e. The Morgan fingerprint density at radius 2 is 0.968 bits per heavy atom. The van der Waals surface area contributed by atoms with Gasteiger partial charge in [-0.25, -0.2) is 4.98 Å². The van der Waals surface area contributed by atoms with E-state index in [0.717, 1.165) is 87.9 Å². The quantitative estimate of drug-likeness (QED) is 0.173. The van der Waals surface area contributed by atoms with Crippen LogP contribution in [0.1, 0.15) is 31.9 Å². The standard InChI is InChI=1S/C56H39N7/c1-56(2,3)38-28-25-35(26-29-38)53-58-54(60-55(59-53)63-47-22-12-7-17-40(47)41-18-8-13-23-48(41)63)36-27-31-45(37(33-36)34-57)62-46-21-11-9-19-42(46)43-30-32-50-51(52(43)62)44-20-10-14-24-49(44)61(50)39-15-5-4-6-16-39/h4-33H,1-3H3. The maximum absolute atomic E-state index is 11.1. The van der Waals surface area contributed by atoms with Gasteiger partial charge < -0.3 is 9.13 Å². The van der Waals surface area contributed by atoms with Gasteiger partial charge in [0, 0.05) is 49.1 Å². The van der Waals surface area contributed by atoms with Crippen LogP contribution in [0, 0.1) is 11.3 Å². The predicted octanol–water partition coefficient (Wildman–Crippen LogP) is 13.7. The SMILES string of the molecule is CC(C)(C)c1ccc(-c2nc(-c3ccc(-n4c5ccccc5c5ccc6c(c7ccccc7n6-c6ccccc6)c54)c(C#N)c3)nc(-n3c4ccccc4c4ccccc43)n2)cc1. The van der Waals surface area contributed by atoms with Crippen LogP contribution in [-0.4, -0.2) is 28.7 Å². The average Bonchev–Trinajstić information content (AvgIpc) is 3.97. The molecule has 0 N–H and O–H groups in total. The summed E-state index contributed by atoms with van der Waals surface area (Å²) >= 11 is 0. The molecule has 0 aliphatic rings. The van der Waals surface area contributed by atoms with Crippen LogP contribution in [0.2, 0.25) is 0 Å². The predicted molar refractivity (Wildman–Crippen MR) is 257 cm³/mol. The van der Waals surface area contributed by atoms with Crippen LogP contribution in [0.4, 0.5) is 0 Å². The molecule has 7 nitrogen and oxygen atoms in total. The van der Waals surface area contributed by atoms with Crippen molar-refractivity contribution < 1.29 is 0 Å². The summed E-state index contributed by atoms with van der Waals surface area (Å²) in [6, 6.07) is 65.9. The molecule has 12 rings (SSSR count). The van der Waals surface area contributed by atoms with E-state index in [1.54, 1.807) is 0 Å². The van der Waals surface area contributed by atoms with E-state index in [1.807, 2.05) is 30.3 Å². The molecule has 8 aromatic carbocycles. The van der Waals surface area contributed by atoms with Crippen LogP contribution in [0.3, 0.4) is 0 Å². The molecule has 63 heavy (non-hydrogen) atoms. The second-order valence-electron chi connectivity index (χ2n) is 17.2. The first-order valence-corrected chi connectivity index (χ1v) is 21.3. The third-order valence-electron chi connectivity index (χ3n) is 12.5. The normalized spacial score (nSPS) is 12.0. The van der Waals surface area contributed by atoms with Gasteiger partial charge in [0.2, 0.25) is 5.95 Å². The van der Waals surface area contributed by atoms with Gasteiger partial charge in [-0.2, -0.15) is 15.2 Å². The number of nitriles is 1. The molecule has 0 saturated heterocycles. The number of benzene rings is 8. The molecule has 0 unspecified atom stereocenters. The molecule has 0 atom stereocenters. The largest absolute Gasteiger partial charge is 0.309 e. The molecule has 0 aliphatic carbocycles. The fourth-order valence-corrected chi connectivity index (χ4v) is 9.55. The Labute approximate surface area is 363 Å². The minimum Gasteiger partial charge on any atom is -0.309 e. The topological polar surface area (TPSA) is 77.2 Å². The van der Waals surface area contributed by atoms with Crippen LogP contribution in [-0.2, 0) is 5.41 Å². The first kappa shape index (κ1) is 36.5. The minimum absolute atomic E-state index is 0.00647. The molecule has 0 saturated carbocycles. The lowest BCUT2D eigenvalue weighted by molar-refractivity contribution is 0.590.